The van der Waals surface area contributed by atoms with Crippen LogP contribution in [0.5, 0.6) is 0 Å². The van der Waals surface area contributed by atoms with Gasteiger partial charge < -0.3 is 5.32 Å². The number of piperazine rings is 1. The van der Waals surface area contributed by atoms with E-state index in [9.17, 15) is 4.79 Å². The maximum Gasteiger partial charge on any atom is 0.275 e. The van der Waals surface area contributed by atoms with Crippen LogP contribution in [0.3, 0.4) is 0 Å². The highest BCUT2D eigenvalue weighted by atomic mass is 32.1. The van der Waals surface area contributed by atoms with Gasteiger partial charge in [-0.25, -0.2) is 4.98 Å². The van der Waals surface area contributed by atoms with E-state index in [1.54, 1.807) is 0 Å². The largest absolute Gasteiger partial charge is 0.312 e. The van der Waals surface area contributed by atoms with Crippen LogP contribution in [-0.4, -0.2) is 45.2 Å². The lowest BCUT2D eigenvalue weighted by atomic mass is 10.2. The molecule has 0 spiro atoms. The van der Waals surface area contributed by atoms with Gasteiger partial charge in [-0.1, -0.05) is 11.3 Å². The van der Waals surface area contributed by atoms with E-state index >= 15 is 0 Å². The van der Waals surface area contributed by atoms with Crippen molar-refractivity contribution in [2.45, 2.75) is 26.4 Å². The van der Waals surface area contributed by atoms with Crippen molar-refractivity contribution in [3.8, 4) is 0 Å². The van der Waals surface area contributed by atoms with Crippen LogP contribution in [0, 0.1) is 6.92 Å². The zero-order valence-electron chi connectivity index (χ0n) is 11.1. The molecule has 0 saturated carbocycles. The van der Waals surface area contributed by atoms with Crippen molar-refractivity contribution in [2.24, 2.45) is 0 Å². The van der Waals surface area contributed by atoms with Gasteiger partial charge in [0.05, 0.1) is 6.54 Å². The molecular formula is C12H17N5OS. The zero-order valence-corrected chi connectivity index (χ0v) is 11.9. The van der Waals surface area contributed by atoms with Gasteiger partial charge in [-0.15, -0.1) is 0 Å². The van der Waals surface area contributed by atoms with Crippen molar-refractivity contribution in [2.75, 3.05) is 19.6 Å². The van der Waals surface area contributed by atoms with Gasteiger partial charge >= 0.3 is 0 Å². The van der Waals surface area contributed by atoms with Crippen LogP contribution in [0.25, 0.3) is 4.96 Å². The fraction of sp³-hybridized carbons (Fsp3) is 0.583. The van der Waals surface area contributed by atoms with E-state index in [4.69, 9.17) is 0 Å². The number of fused-ring (bicyclic) bond motifs is 1. The van der Waals surface area contributed by atoms with Crippen molar-refractivity contribution in [1.82, 2.24) is 24.8 Å². The first-order chi connectivity index (χ1) is 9.11. The molecule has 1 atom stereocenters. The lowest BCUT2D eigenvalue weighted by molar-refractivity contribution is 0.199. The van der Waals surface area contributed by atoms with Crippen molar-refractivity contribution >= 4 is 16.3 Å². The Morgan fingerprint density at radius 1 is 1.58 bits per heavy atom. The second kappa shape index (κ2) is 4.99. The number of hydrogen-bond donors (Lipinski definition) is 1. The fourth-order valence-electron chi connectivity index (χ4n) is 2.37. The summed E-state index contributed by atoms with van der Waals surface area (Å²) in [6, 6.07) is 2.02. The van der Waals surface area contributed by atoms with Gasteiger partial charge in [0.25, 0.3) is 5.56 Å². The Balaban J connectivity index is 1.85. The number of aromatic nitrogens is 3. The first kappa shape index (κ1) is 12.7. The molecule has 102 valence electrons. The Labute approximate surface area is 115 Å². The monoisotopic (exact) mass is 279 g/mol. The van der Waals surface area contributed by atoms with Crippen molar-refractivity contribution in [3.05, 3.63) is 27.1 Å². The maximum absolute atomic E-state index is 11.8. The van der Waals surface area contributed by atoms with E-state index in [-0.39, 0.29) is 5.56 Å². The number of nitrogens with one attached hydrogen (secondary N) is 1. The summed E-state index contributed by atoms with van der Waals surface area (Å²) in [6.07, 6.45) is 0. The molecular weight excluding hydrogens is 262 g/mol. The minimum atomic E-state index is -0.0984. The summed E-state index contributed by atoms with van der Waals surface area (Å²) in [5, 5.41) is 8.73. The highest BCUT2D eigenvalue weighted by Gasteiger charge is 2.17. The number of hydrogen-bond acceptors (Lipinski definition) is 6. The molecule has 0 radical (unpaired) electrons. The van der Waals surface area contributed by atoms with Gasteiger partial charge in [0.15, 0.2) is 0 Å². The SMILES string of the molecule is Cc1cc(=O)n2nc(CN3CCN[C@@H](C)C3)sc2n1. The van der Waals surface area contributed by atoms with E-state index in [1.165, 1.54) is 21.9 Å². The van der Waals surface area contributed by atoms with Crippen LogP contribution in [0.1, 0.15) is 17.6 Å². The molecule has 1 aliphatic heterocycles. The Morgan fingerprint density at radius 2 is 2.42 bits per heavy atom. The van der Waals surface area contributed by atoms with Gasteiger partial charge in [0.2, 0.25) is 4.96 Å². The minimum Gasteiger partial charge on any atom is -0.312 e. The Morgan fingerprint density at radius 3 is 3.21 bits per heavy atom. The van der Waals surface area contributed by atoms with Crippen LogP contribution in [0.4, 0.5) is 0 Å². The van der Waals surface area contributed by atoms with Crippen LogP contribution in [-0.2, 0) is 6.54 Å². The molecule has 6 nitrogen and oxygen atoms in total. The van der Waals surface area contributed by atoms with E-state index < -0.39 is 0 Å². The van der Waals surface area contributed by atoms with Gasteiger partial charge in [0.1, 0.15) is 5.01 Å². The highest BCUT2D eigenvalue weighted by molar-refractivity contribution is 7.16. The molecule has 1 N–H and O–H groups in total. The van der Waals surface area contributed by atoms with Crippen LogP contribution in [0.2, 0.25) is 0 Å². The lowest BCUT2D eigenvalue weighted by Crippen LogP contribution is -2.48. The Hall–Kier alpha value is -1.31. The van der Waals surface area contributed by atoms with Gasteiger partial charge in [-0.3, -0.25) is 9.69 Å². The average molecular weight is 279 g/mol. The summed E-state index contributed by atoms with van der Waals surface area (Å²) in [5.74, 6) is 0. The van der Waals surface area contributed by atoms with E-state index in [2.05, 4.69) is 27.2 Å². The van der Waals surface area contributed by atoms with Crippen molar-refractivity contribution in [3.63, 3.8) is 0 Å². The van der Waals surface area contributed by atoms with Gasteiger partial charge in [-0.2, -0.15) is 9.61 Å². The molecule has 0 unspecified atom stereocenters. The van der Waals surface area contributed by atoms with E-state index in [1.807, 2.05) is 6.92 Å². The van der Waals surface area contributed by atoms with Crippen molar-refractivity contribution in [1.29, 1.82) is 0 Å². The molecule has 0 amide bonds. The molecule has 1 saturated heterocycles. The van der Waals surface area contributed by atoms with Gasteiger partial charge in [-0.05, 0) is 13.8 Å². The Kier molecular flexibility index (Phi) is 3.34. The van der Waals surface area contributed by atoms with Crippen molar-refractivity contribution < 1.29 is 0 Å². The summed E-state index contributed by atoms with van der Waals surface area (Å²) in [7, 11) is 0. The third-order valence-electron chi connectivity index (χ3n) is 3.23. The lowest BCUT2D eigenvalue weighted by Gasteiger charge is -2.30. The molecule has 3 rings (SSSR count). The van der Waals surface area contributed by atoms with E-state index in [0.717, 1.165) is 36.9 Å². The van der Waals surface area contributed by atoms with Crippen LogP contribution < -0.4 is 10.9 Å². The minimum absolute atomic E-state index is 0.0984. The molecule has 1 aliphatic rings. The smallest absolute Gasteiger partial charge is 0.275 e. The summed E-state index contributed by atoms with van der Waals surface area (Å²) < 4.78 is 1.40. The fourth-order valence-corrected chi connectivity index (χ4v) is 3.36. The second-order valence-corrected chi connectivity index (χ2v) is 6.06. The quantitative estimate of drug-likeness (QED) is 0.854. The normalized spacial score (nSPS) is 21.1. The first-order valence-electron chi connectivity index (χ1n) is 6.44. The summed E-state index contributed by atoms with van der Waals surface area (Å²) in [5.41, 5.74) is 0.648. The molecule has 2 aromatic heterocycles. The molecule has 0 bridgehead atoms. The highest BCUT2D eigenvalue weighted by Crippen LogP contribution is 2.14. The Bertz CT molecular complexity index is 649. The summed E-state index contributed by atoms with van der Waals surface area (Å²) in [6.45, 7) is 7.83. The first-order valence-corrected chi connectivity index (χ1v) is 7.25. The maximum atomic E-state index is 11.8. The molecule has 19 heavy (non-hydrogen) atoms. The number of aryl methyl sites for hydroxylation is 1. The molecule has 7 heteroatoms. The van der Waals surface area contributed by atoms with Gasteiger partial charge in [0, 0.05) is 37.4 Å². The summed E-state index contributed by atoms with van der Waals surface area (Å²) >= 11 is 1.50. The van der Waals surface area contributed by atoms with Crippen LogP contribution >= 0.6 is 11.3 Å². The molecule has 0 aliphatic carbocycles. The standard InChI is InChI=1S/C12H17N5OS/c1-8-5-11(18)17-12(14-8)19-10(15-17)7-16-4-3-13-9(2)6-16/h5,9,13H,3-4,6-7H2,1-2H3/t9-/m0/s1. The average Bonchev–Trinajstić information content (AvgIpc) is 2.71. The second-order valence-electron chi connectivity index (χ2n) is 5.02. The molecule has 3 heterocycles. The molecule has 2 aromatic rings. The third-order valence-corrected chi connectivity index (χ3v) is 4.12. The number of nitrogens with zero attached hydrogens (tertiary/aromatic N) is 4. The summed E-state index contributed by atoms with van der Waals surface area (Å²) in [4.78, 5) is 19.2. The molecule has 1 fully saturated rings. The predicted molar refractivity (Wildman–Crippen MR) is 74.6 cm³/mol. The third kappa shape index (κ3) is 2.68. The number of rotatable bonds is 2. The molecule has 0 aromatic carbocycles. The van der Waals surface area contributed by atoms with E-state index in [0.29, 0.717) is 11.0 Å². The van der Waals surface area contributed by atoms with Crippen LogP contribution in [0.15, 0.2) is 10.9 Å². The topological polar surface area (TPSA) is 62.5 Å². The zero-order chi connectivity index (χ0) is 13.4. The predicted octanol–water partition coefficient (Wildman–Crippen LogP) is 0.253.